The van der Waals surface area contributed by atoms with Crippen LogP contribution in [0.5, 0.6) is 0 Å². The van der Waals surface area contributed by atoms with Crippen molar-refractivity contribution in [3.8, 4) is 0 Å². The third-order valence-corrected chi connectivity index (χ3v) is 1.66. The summed E-state index contributed by atoms with van der Waals surface area (Å²) in [5.74, 6) is 0. The molecule has 0 saturated heterocycles. The van der Waals surface area contributed by atoms with Crippen LogP contribution in [0.25, 0.3) is 10.9 Å². The summed E-state index contributed by atoms with van der Waals surface area (Å²) in [6.45, 7) is 3.78. The topological polar surface area (TPSA) is 105 Å². The van der Waals surface area contributed by atoms with Gasteiger partial charge < -0.3 is 21.1 Å². The van der Waals surface area contributed by atoms with E-state index in [4.69, 9.17) is 11.5 Å². The van der Waals surface area contributed by atoms with E-state index in [9.17, 15) is 0 Å². The average molecular weight is 324 g/mol. The van der Waals surface area contributed by atoms with E-state index >= 15 is 0 Å². The number of rotatable bonds is 5. The monoisotopic (exact) mass is 323 g/mol. The minimum Gasteiger partial charge on any atom is -0.515 e. The summed E-state index contributed by atoms with van der Waals surface area (Å²) in [5.41, 5.74) is 19.1. The van der Waals surface area contributed by atoms with Crippen molar-refractivity contribution in [2.75, 3.05) is 0 Å². The second kappa shape index (κ2) is 10.7. The minimum absolute atomic E-state index is 0. The van der Waals surface area contributed by atoms with E-state index in [-0.39, 0.29) is 27.3 Å². The summed E-state index contributed by atoms with van der Waals surface area (Å²) < 4.78 is 0. The molecular formula is C8H16CuN6S2. The molecule has 0 aliphatic heterocycles. The minimum atomic E-state index is 0. The third kappa shape index (κ3) is 10.4. The van der Waals surface area contributed by atoms with Gasteiger partial charge in [-0.3, -0.25) is 11.5 Å². The predicted octanol–water partition coefficient (Wildman–Crippen LogP) is -0.0861. The molecule has 9 heteroatoms. The van der Waals surface area contributed by atoms with Gasteiger partial charge in [-0.1, -0.05) is 13.3 Å². The van der Waals surface area contributed by atoms with Crippen LogP contribution in [0.4, 0.5) is 0 Å². The molecule has 0 fully saturated rings. The van der Waals surface area contributed by atoms with Crippen LogP contribution in [0.2, 0.25) is 0 Å². The second-order valence-electron chi connectivity index (χ2n) is 2.90. The summed E-state index contributed by atoms with van der Waals surface area (Å²) >= 11 is 7.61. The van der Waals surface area contributed by atoms with Gasteiger partial charge in [-0.25, -0.2) is 0 Å². The molecule has 101 valence electrons. The molecule has 6 nitrogen and oxygen atoms in total. The van der Waals surface area contributed by atoms with Crippen molar-refractivity contribution in [2.24, 2.45) is 21.7 Å². The molecule has 0 aliphatic carbocycles. The summed E-state index contributed by atoms with van der Waals surface area (Å²) in [5, 5.41) is 7.97. The Balaban J connectivity index is 0. The quantitative estimate of drug-likeness (QED) is 0.184. The van der Waals surface area contributed by atoms with E-state index in [1.54, 1.807) is 6.92 Å². The van der Waals surface area contributed by atoms with Gasteiger partial charge >= 0.3 is 0 Å². The van der Waals surface area contributed by atoms with Crippen molar-refractivity contribution in [1.29, 1.82) is 0 Å². The Kier molecular flexibility index (Phi) is 11.9. The van der Waals surface area contributed by atoms with Crippen molar-refractivity contribution in [3.05, 3.63) is 10.9 Å². The SMILES string of the molecule is CCCC(=N[N-]C(N)=[SH+])C(C)=N[N-]C(N)=[SH+].[Cu]. The standard InChI is InChI=1S/C8H16N6S2.Cu/c1-3-4-6(12-14-8(10)16)5(2)11-13-7(9)15;/h3-4H2,1-2H3,(H6,9,10,11,12,13,14,15,16);. The normalized spacial score (nSPS) is 11.5. The molecule has 0 unspecified atom stereocenters. The van der Waals surface area contributed by atoms with Crippen LogP contribution in [-0.2, 0) is 41.5 Å². The van der Waals surface area contributed by atoms with Gasteiger partial charge in [0, 0.05) is 28.5 Å². The van der Waals surface area contributed by atoms with Gasteiger partial charge in [0.1, 0.15) is 0 Å². The fourth-order valence-electron chi connectivity index (χ4n) is 0.836. The van der Waals surface area contributed by atoms with Crippen LogP contribution in [-0.4, -0.2) is 21.6 Å². The summed E-state index contributed by atoms with van der Waals surface area (Å²) in [7, 11) is 0. The van der Waals surface area contributed by atoms with Crippen molar-refractivity contribution < 1.29 is 17.1 Å². The first-order chi connectivity index (χ1) is 7.47. The molecule has 0 aromatic rings. The van der Waals surface area contributed by atoms with Crippen LogP contribution < -0.4 is 11.5 Å². The van der Waals surface area contributed by atoms with Gasteiger partial charge in [-0.05, 0) is 13.3 Å². The fourth-order valence-corrected chi connectivity index (χ4v) is 0.925. The van der Waals surface area contributed by atoms with Gasteiger partial charge in [0.05, 0.1) is 0 Å². The van der Waals surface area contributed by atoms with E-state index in [0.29, 0.717) is 11.4 Å². The number of thiol groups is 2. The first-order valence-corrected chi connectivity index (χ1v) is 5.52. The molecule has 0 aliphatic rings. The van der Waals surface area contributed by atoms with Crippen molar-refractivity contribution in [1.82, 2.24) is 0 Å². The van der Waals surface area contributed by atoms with Crippen LogP contribution in [0.1, 0.15) is 26.7 Å². The maximum Gasteiger partial charge on any atom is 0.183 e. The Labute approximate surface area is 122 Å². The fraction of sp³-hybridized carbons (Fsp3) is 0.500. The molecule has 0 bridgehead atoms. The van der Waals surface area contributed by atoms with E-state index in [2.05, 4.69) is 45.5 Å². The Hall–Kier alpha value is -0.441. The largest absolute Gasteiger partial charge is 0.515 e. The van der Waals surface area contributed by atoms with Crippen molar-refractivity contribution in [2.45, 2.75) is 26.7 Å². The molecular weight excluding hydrogens is 308 g/mol. The number of nitrogens with zero attached hydrogens (tertiary/aromatic N) is 4. The van der Waals surface area contributed by atoms with Crippen LogP contribution in [0.15, 0.2) is 10.2 Å². The van der Waals surface area contributed by atoms with Gasteiger partial charge in [0.15, 0.2) is 34.7 Å². The van der Waals surface area contributed by atoms with Crippen LogP contribution in [0, 0.1) is 0 Å². The Bertz CT molecular complexity index is 328. The molecule has 0 rings (SSSR count). The van der Waals surface area contributed by atoms with Gasteiger partial charge in [0.25, 0.3) is 0 Å². The maximum atomic E-state index is 5.27. The first-order valence-electron chi connectivity index (χ1n) is 4.63. The predicted molar refractivity (Wildman–Crippen MR) is 78.1 cm³/mol. The molecule has 0 aromatic carbocycles. The molecule has 4 N–H and O–H groups in total. The molecule has 0 heterocycles. The molecule has 0 spiro atoms. The molecule has 0 atom stereocenters. The van der Waals surface area contributed by atoms with E-state index in [1.165, 1.54) is 0 Å². The van der Waals surface area contributed by atoms with Gasteiger partial charge in [-0.15, -0.1) is 0 Å². The number of hydrogen-bond donors (Lipinski definition) is 2. The Morgan fingerprint density at radius 1 is 1.12 bits per heavy atom. The zero-order valence-corrected chi connectivity index (χ0v) is 12.3. The van der Waals surface area contributed by atoms with Crippen molar-refractivity contribution >= 4 is 46.1 Å². The zero-order chi connectivity index (χ0) is 12.6. The number of nitrogens with two attached hydrogens (primary N) is 2. The first kappa shape index (κ1) is 18.9. The molecule has 0 saturated carbocycles. The van der Waals surface area contributed by atoms with E-state index in [1.807, 2.05) is 6.92 Å². The van der Waals surface area contributed by atoms with E-state index < -0.39 is 0 Å². The van der Waals surface area contributed by atoms with Crippen LogP contribution in [0.3, 0.4) is 0 Å². The Morgan fingerprint density at radius 2 is 1.59 bits per heavy atom. The van der Waals surface area contributed by atoms with Crippen molar-refractivity contribution in [3.63, 3.8) is 0 Å². The molecule has 17 heavy (non-hydrogen) atoms. The summed E-state index contributed by atoms with van der Waals surface area (Å²) in [6.07, 6.45) is 1.63. The van der Waals surface area contributed by atoms with Crippen LogP contribution >= 0.6 is 0 Å². The molecule has 0 aromatic heterocycles. The Morgan fingerprint density at radius 3 is 2.00 bits per heavy atom. The van der Waals surface area contributed by atoms with Gasteiger partial charge in [0.2, 0.25) is 0 Å². The van der Waals surface area contributed by atoms with Gasteiger partial charge in [-0.2, -0.15) is 0 Å². The summed E-state index contributed by atoms with van der Waals surface area (Å²) in [4.78, 5) is 0. The molecule has 1 radical (unpaired) electrons. The van der Waals surface area contributed by atoms with E-state index in [0.717, 1.165) is 12.8 Å². The zero-order valence-electron chi connectivity index (χ0n) is 9.55. The molecule has 0 amide bonds. The summed E-state index contributed by atoms with van der Waals surface area (Å²) in [6, 6.07) is 0. The average Bonchev–Trinajstić information content (AvgIpc) is 2.20. The smallest absolute Gasteiger partial charge is 0.183 e. The second-order valence-corrected chi connectivity index (χ2v) is 3.81. The maximum absolute atomic E-state index is 5.27. The number of hydrogen-bond acceptors (Lipinski definition) is 2. The third-order valence-electron chi connectivity index (χ3n) is 1.48.